The van der Waals surface area contributed by atoms with Crippen molar-refractivity contribution < 1.29 is 4.92 Å². The average Bonchev–Trinajstić information content (AvgIpc) is 3.39. The highest BCUT2D eigenvalue weighted by molar-refractivity contribution is 7.07. The quantitative estimate of drug-likeness (QED) is 0.430. The van der Waals surface area contributed by atoms with Crippen LogP contribution < -0.4 is 4.80 Å². The fourth-order valence-electron chi connectivity index (χ4n) is 2.81. The van der Waals surface area contributed by atoms with Crippen LogP contribution >= 0.6 is 22.9 Å². The molecule has 4 rings (SSSR count). The monoisotopic (exact) mass is 385 g/mol. The van der Waals surface area contributed by atoms with Crippen molar-refractivity contribution in [3.05, 3.63) is 73.3 Å². The highest BCUT2D eigenvalue weighted by atomic mass is 35.5. The van der Waals surface area contributed by atoms with E-state index in [1.807, 2.05) is 25.1 Å². The molecular weight excluding hydrogens is 370 g/mol. The van der Waals surface area contributed by atoms with Crippen LogP contribution in [0, 0.1) is 17.0 Å². The fraction of sp³-hybridized carbons (Fsp3) is 0.211. The van der Waals surface area contributed by atoms with Crippen LogP contribution in [-0.2, 0) is 0 Å². The van der Waals surface area contributed by atoms with Gasteiger partial charge in [0.1, 0.15) is 0 Å². The van der Waals surface area contributed by atoms with Crippen LogP contribution in [0.4, 0.5) is 11.4 Å². The van der Waals surface area contributed by atoms with Crippen molar-refractivity contribution in [3.8, 4) is 11.3 Å². The molecule has 1 aliphatic rings. The Balaban J connectivity index is 1.79. The molecule has 7 heteroatoms. The zero-order valence-corrected chi connectivity index (χ0v) is 15.6. The topological polar surface area (TPSA) is 60.4 Å². The van der Waals surface area contributed by atoms with Gasteiger partial charge in [-0.05, 0) is 55.2 Å². The number of thiazole rings is 1. The van der Waals surface area contributed by atoms with Gasteiger partial charge in [-0.3, -0.25) is 10.1 Å². The van der Waals surface area contributed by atoms with Gasteiger partial charge < -0.3 is 4.57 Å². The minimum atomic E-state index is -0.381. The van der Waals surface area contributed by atoms with Crippen LogP contribution in [0.25, 0.3) is 11.3 Å². The number of rotatable bonds is 4. The summed E-state index contributed by atoms with van der Waals surface area (Å²) in [6.07, 6.45) is 2.25. The number of hydrogen-bond donors (Lipinski definition) is 0. The third-order valence-corrected chi connectivity index (χ3v) is 5.65. The van der Waals surface area contributed by atoms with Crippen LogP contribution in [0.2, 0.25) is 5.02 Å². The van der Waals surface area contributed by atoms with E-state index in [0.717, 1.165) is 40.2 Å². The number of aryl methyl sites for hydroxylation is 1. The first-order chi connectivity index (χ1) is 12.5. The summed E-state index contributed by atoms with van der Waals surface area (Å²) in [5, 5.41) is 13.6. The minimum absolute atomic E-state index is 0.0983. The molecule has 132 valence electrons. The van der Waals surface area contributed by atoms with E-state index in [9.17, 15) is 10.1 Å². The van der Waals surface area contributed by atoms with Crippen molar-refractivity contribution in [2.24, 2.45) is 4.99 Å². The SMILES string of the molecule is Cc1ccc(N=c2scc(-c3ccc([N+](=O)[O-])cc3)n2C2CC2)cc1Cl. The van der Waals surface area contributed by atoms with E-state index in [1.165, 1.54) is 0 Å². The standard InChI is InChI=1S/C19H16ClN3O2S/c1-12-2-5-14(10-17(12)20)21-19-22(15-8-9-15)18(11-26-19)13-3-6-16(7-4-13)23(24)25/h2-7,10-11,15H,8-9H2,1H3. The molecule has 0 amide bonds. The molecule has 0 bridgehead atoms. The Bertz CT molecular complexity index is 1050. The van der Waals surface area contributed by atoms with Crippen LogP contribution in [0.15, 0.2) is 52.8 Å². The molecule has 5 nitrogen and oxygen atoms in total. The predicted octanol–water partition coefficient (Wildman–Crippen LogP) is 5.65. The van der Waals surface area contributed by atoms with E-state index in [1.54, 1.807) is 35.6 Å². The molecule has 3 aromatic rings. The molecule has 2 aromatic carbocycles. The van der Waals surface area contributed by atoms with Gasteiger partial charge in [-0.25, -0.2) is 4.99 Å². The molecule has 1 saturated carbocycles. The first kappa shape index (κ1) is 17.0. The number of benzene rings is 2. The van der Waals surface area contributed by atoms with Gasteiger partial charge in [-0.15, -0.1) is 11.3 Å². The first-order valence-electron chi connectivity index (χ1n) is 8.28. The number of nitro groups is 1. The van der Waals surface area contributed by atoms with Crippen molar-refractivity contribution in [1.29, 1.82) is 0 Å². The second-order valence-corrected chi connectivity index (χ2v) is 7.60. The Kier molecular flexibility index (Phi) is 4.38. The molecule has 0 unspecified atom stereocenters. The van der Waals surface area contributed by atoms with Gasteiger partial charge in [0.25, 0.3) is 5.69 Å². The number of halogens is 1. The summed E-state index contributed by atoms with van der Waals surface area (Å²) in [5.41, 5.74) is 3.96. The van der Waals surface area contributed by atoms with Crippen LogP contribution in [-0.4, -0.2) is 9.49 Å². The van der Waals surface area contributed by atoms with Gasteiger partial charge in [-0.1, -0.05) is 17.7 Å². The summed E-state index contributed by atoms with van der Waals surface area (Å²) < 4.78 is 2.24. The van der Waals surface area contributed by atoms with Crippen molar-refractivity contribution in [2.75, 3.05) is 0 Å². The predicted molar refractivity (Wildman–Crippen MR) is 104 cm³/mol. The number of nitro benzene ring substituents is 1. The highest BCUT2D eigenvalue weighted by Crippen LogP contribution is 2.38. The minimum Gasteiger partial charge on any atom is -0.313 e. The number of nitrogens with zero attached hydrogens (tertiary/aromatic N) is 3. The zero-order chi connectivity index (χ0) is 18.3. The van der Waals surface area contributed by atoms with Gasteiger partial charge in [-0.2, -0.15) is 0 Å². The molecule has 0 atom stereocenters. The first-order valence-corrected chi connectivity index (χ1v) is 9.54. The van der Waals surface area contributed by atoms with Crippen LogP contribution in [0.5, 0.6) is 0 Å². The fourth-order valence-corrected chi connectivity index (χ4v) is 3.97. The lowest BCUT2D eigenvalue weighted by molar-refractivity contribution is -0.384. The molecule has 26 heavy (non-hydrogen) atoms. The lowest BCUT2D eigenvalue weighted by atomic mass is 10.1. The average molecular weight is 386 g/mol. The molecule has 1 aromatic heterocycles. The maximum absolute atomic E-state index is 10.9. The normalized spacial score (nSPS) is 14.6. The Morgan fingerprint density at radius 3 is 2.58 bits per heavy atom. The van der Waals surface area contributed by atoms with Crippen molar-refractivity contribution in [1.82, 2.24) is 4.57 Å². The smallest absolute Gasteiger partial charge is 0.269 e. The number of non-ortho nitro benzene ring substituents is 1. The van der Waals surface area contributed by atoms with Crippen LogP contribution in [0.1, 0.15) is 24.4 Å². The molecule has 0 spiro atoms. The summed E-state index contributed by atoms with van der Waals surface area (Å²) in [6.45, 7) is 1.97. The van der Waals surface area contributed by atoms with Crippen molar-refractivity contribution >= 4 is 34.3 Å². The molecule has 0 aliphatic heterocycles. The summed E-state index contributed by atoms with van der Waals surface area (Å²) in [4.78, 5) is 16.2. The second-order valence-electron chi connectivity index (χ2n) is 6.35. The lowest BCUT2D eigenvalue weighted by Gasteiger charge is -2.07. The van der Waals surface area contributed by atoms with E-state index >= 15 is 0 Å². The van der Waals surface area contributed by atoms with Gasteiger partial charge in [0, 0.05) is 28.6 Å². The Morgan fingerprint density at radius 1 is 1.23 bits per heavy atom. The molecule has 0 N–H and O–H groups in total. The lowest BCUT2D eigenvalue weighted by Crippen LogP contribution is -2.14. The zero-order valence-electron chi connectivity index (χ0n) is 14.1. The number of hydrogen-bond acceptors (Lipinski definition) is 4. The van der Waals surface area contributed by atoms with Gasteiger partial charge in [0.2, 0.25) is 0 Å². The second kappa shape index (κ2) is 6.70. The maximum Gasteiger partial charge on any atom is 0.269 e. The Morgan fingerprint density at radius 2 is 1.96 bits per heavy atom. The van der Waals surface area contributed by atoms with E-state index in [2.05, 4.69) is 9.95 Å². The third kappa shape index (κ3) is 3.30. The highest BCUT2D eigenvalue weighted by Gasteiger charge is 2.27. The summed E-state index contributed by atoms with van der Waals surface area (Å²) in [5.74, 6) is 0. The molecule has 0 radical (unpaired) electrons. The van der Waals surface area contributed by atoms with E-state index in [4.69, 9.17) is 16.6 Å². The van der Waals surface area contributed by atoms with Gasteiger partial charge in [0.15, 0.2) is 4.80 Å². The van der Waals surface area contributed by atoms with Gasteiger partial charge in [0.05, 0.1) is 16.3 Å². The van der Waals surface area contributed by atoms with E-state index in [0.29, 0.717) is 11.1 Å². The molecule has 0 saturated heterocycles. The summed E-state index contributed by atoms with van der Waals surface area (Å²) >= 11 is 7.79. The largest absolute Gasteiger partial charge is 0.313 e. The molecule has 1 aliphatic carbocycles. The van der Waals surface area contributed by atoms with E-state index < -0.39 is 0 Å². The Hall–Kier alpha value is -2.44. The van der Waals surface area contributed by atoms with Gasteiger partial charge >= 0.3 is 0 Å². The Labute approximate surface area is 159 Å². The molecule has 1 heterocycles. The number of aromatic nitrogens is 1. The van der Waals surface area contributed by atoms with Crippen molar-refractivity contribution in [3.63, 3.8) is 0 Å². The molecular formula is C19H16ClN3O2S. The van der Waals surface area contributed by atoms with E-state index in [-0.39, 0.29) is 10.6 Å². The third-order valence-electron chi connectivity index (χ3n) is 4.41. The molecule has 1 fully saturated rings. The van der Waals surface area contributed by atoms with Crippen LogP contribution in [0.3, 0.4) is 0 Å². The maximum atomic E-state index is 10.9. The van der Waals surface area contributed by atoms with Crippen molar-refractivity contribution in [2.45, 2.75) is 25.8 Å². The summed E-state index contributed by atoms with van der Waals surface area (Å²) in [6, 6.07) is 12.9. The summed E-state index contributed by atoms with van der Waals surface area (Å²) in [7, 11) is 0.